The smallest absolute Gasteiger partial charge is 0.406 e. The minimum absolute atomic E-state index is 0. The van der Waals surface area contributed by atoms with Gasteiger partial charge in [-0.3, -0.25) is 4.79 Å². The van der Waals surface area contributed by atoms with Crippen LogP contribution < -0.4 is 15.0 Å². The van der Waals surface area contributed by atoms with E-state index in [0.717, 1.165) is 12.1 Å². The second-order valence-electron chi connectivity index (χ2n) is 6.38. The van der Waals surface area contributed by atoms with Crippen LogP contribution in [0, 0.1) is 0 Å². The molecule has 2 N–H and O–H groups in total. The van der Waals surface area contributed by atoms with Gasteiger partial charge < -0.3 is 20.1 Å². The van der Waals surface area contributed by atoms with Crippen LogP contribution in [-0.2, 0) is 0 Å². The lowest BCUT2D eigenvalue weighted by Crippen LogP contribution is -2.23. The van der Waals surface area contributed by atoms with Crippen LogP contribution >= 0.6 is 35.6 Å². The molecule has 2 aromatic carbocycles. The number of ether oxygens (including phenoxy) is 1. The topological polar surface area (TPSA) is 74.7 Å². The van der Waals surface area contributed by atoms with Crippen LogP contribution in [-0.4, -0.2) is 35.5 Å². The van der Waals surface area contributed by atoms with E-state index in [1.165, 1.54) is 36.5 Å². The van der Waals surface area contributed by atoms with Crippen LogP contribution in [0.5, 0.6) is 5.75 Å². The molecular formula is C21H17Cl3F3N3O3. The number of amides is 1. The predicted molar refractivity (Wildman–Crippen MR) is 123 cm³/mol. The largest absolute Gasteiger partial charge is 0.573 e. The van der Waals surface area contributed by atoms with E-state index in [2.05, 4.69) is 15.0 Å². The number of aliphatic hydroxyl groups is 1. The normalized spacial score (nSPS) is 10.8. The number of carbonyl (C=O) groups excluding carboxylic acids is 1. The van der Waals surface area contributed by atoms with Gasteiger partial charge in [0, 0.05) is 24.0 Å². The summed E-state index contributed by atoms with van der Waals surface area (Å²) in [6.07, 6.45) is -3.27. The first-order valence-corrected chi connectivity index (χ1v) is 9.89. The van der Waals surface area contributed by atoms with E-state index < -0.39 is 18.0 Å². The second-order valence-corrected chi connectivity index (χ2v) is 7.19. The van der Waals surface area contributed by atoms with Gasteiger partial charge in [-0.2, -0.15) is 0 Å². The fourth-order valence-electron chi connectivity index (χ4n) is 2.82. The number of hydrogen-bond acceptors (Lipinski definition) is 5. The number of pyridine rings is 1. The summed E-state index contributed by atoms with van der Waals surface area (Å²) in [5.74, 6) is -0.581. The van der Waals surface area contributed by atoms with Crippen molar-refractivity contribution < 1.29 is 27.8 Å². The first-order chi connectivity index (χ1) is 15.2. The van der Waals surface area contributed by atoms with Gasteiger partial charge in [0.1, 0.15) is 5.75 Å². The molecule has 176 valence electrons. The number of nitrogens with one attached hydrogen (secondary N) is 1. The summed E-state index contributed by atoms with van der Waals surface area (Å²) >= 11 is 12.6. The summed E-state index contributed by atoms with van der Waals surface area (Å²) in [6, 6.07) is 12.5. The Bertz CT molecular complexity index is 1100. The van der Waals surface area contributed by atoms with Gasteiger partial charge in [0.25, 0.3) is 5.91 Å². The molecule has 0 atom stereocenters. The SMILES string of the molecule is Cl.O=C(Nc1ccc(OC(F)(F)F)cc1)c1ccc(Cl)c(N(CCO)c2ncccc2Cl)c1. The maximum absolute atomic E-state index is 12.7. The molecule has 6 nitrogen and oxygen atoms in total. The maximum Gasteiger partial charge on any atom is 0.573 e. The number of anilines is 3. The molecule has 0 spiro atoms. The van der Waals surface area contributed by atoms with Crippen LogP contribution in [0.1, 0.15) is 10.4 Å². The molecule has 1 heterocycles. The molecule has 0 unspecified atom stereocenters. The summed E-state index contributed by atoms with van der Waals surface area (Å²) in [5, 5.41) is 12.7. The van der Waals surface area contributed by atoms with Crippen molar-refractivity contribution in [2.75, 3.05) is 23.4 Å². The first kappa shape index (κ1) is 26.5. The van der Waals surface area contributed by atoms with Crippen molar-refractivity contribution in [3.8, 4) is 5.75 Å². The minimum atomic E-state index is -4.80. The lowest BCUT2D eigenvalue weighted by molar-refractivity contribution is -0.274. The zero-order chi connectivity index (χ0) is 23.3. The van der Waals surface area contributed by atoms with Gasteiger partial charge in [-0.1, -0.05) is 23.2 Å². The fraction of sp³-hybridized carbons (Fsp3) is 0.143. The van der Waals surface area contributed by atoms with Gasteiger partial charge in [0.2, 0.25) is 0 Å². The van der Waals surface area contributed by atoms with Crippen LogP contribution in [0.25, 0.3) is 0 Å². The molecule has 0 aliphatic heterocycles. The number of aliphatic hydroxyl groups excluding tert-OH is 1. The Morgan fingerprint density at radius 2 is 1.79 bits per heavy atom. The third kappa shape index (κ3) is 7.13. The van der Waals surface area contributed by atoms with Crippen molar-refractivity contribution in [2.24, 2.45) is 0 Å². The lowest BCUT2D eigenvalue weighted by atomic mass is 10.1. The second kappa shape index (κ2) is 11.4. The number of halogens is 6. The van der Waals surface area contributed by atoms with Gasteiger partial charge in [-0.25, -0.2) is 4.98 Å². The summed E-state index contributed by atoms with van der Waals surface area (Å²) in [5.41, 5.74) is 0.874. The van der Waals surface area contributed by atoms with Crippen LogP contribution in [0.2, 0.25) is 10.0 Å². The van der Waals surface area contributed by atoms with Gasteiger partial charge in [0.15, 0.2) is 5.82 Å². The number of carbonyl (C=O) groups is 1. The van der Waals surface area contributed by atoms with Crippen molar-refractivity contribution in [2.45, 2.75) is 6.36 Å². The number of rotatable bonds is 7. The molecule has 3 aromatic rings. The highest BCUT2D eigenvalue weighted by Gasteiger charge is 2.31. The molecule has 0 saturated heterocycles. The van der Waals surface area contributed by atoms with E-state index in [9.17, 15) is 23.1 Å². The highest BCUT2D eigenvalue weighted by atomic mass is 35.5. The summed E-state index contributed by atoms with van der Waals surface area (Å²) < 4.78 is 40.6. The first-order valence-electron chi connectivity index (χ1n) is 9.13. The van der Waals surface area contributed by atoms with Crippen LogP contribution in [0.4, 0.5) is 30.4 Å². The molecule has 0 fully saturated rings. The van der Waals surface area contributed by atoms with E-state index in [1.54, 1.807) is 17.0 Å². The van der Waals surface area contributed by atoms with Gasteiger partial charge in [-0.05, 0) is 54.6 Å². The lowest BCUT2D eigenvalue weighted by Gasteiger charge is -2.25. The molecule has 3 rings (SSSR count). The van der Waals surface area contributed by atoms with E-state index in [4.69, 9.17) is 23.2 Å². The molecule has 1 aromatic heterocycles. The van der Waals surface area contributed by atoms with Gasteiger partial charge in [-0.15, -0.1) is 25.6 Å². The van der Waals surface area contributed by atoms with Crippen molar-refractivity contribution in [1.82, 2.24) is 4.98 Å². The Morgan fingerprint density at radius 3 is 2.39 bits per heavy atom. The molecule has 0 aliphatic rings. The van der Waals surface area contributed by atoms with E-state index in [-0.39, 0.29) is 36.8 Å². The number of benzene rings is 2. The van der Waals surface area contributed by atoms with Crippen molar-refractivity contribution in [1.29, 1.82) is 0 Å². The third-order valence-electron chi connectivity index (χ3n) is 4.16. The number of alkyl halides is 3. The molecule has 33 heavy (non-hydrogen) atoms. The summed E-state index contributed by atoms with van der Waals surface area (Å²) in [6.45, 7) is -0.117. The molecule has 0 bridgehead atoms. The van der Waals surface area contributed by atoms with Gasteiger partial charge in [0.05, 0.1) is 22.3 Å². The Hall–Kier alpha value is -2.72. The molecule has 1 amide bonds. The summed E-state index contributed by atoms with van der Waals surface area (Å²) in [4.78, 5) is 18.5. The number of hydrogen-bond donors (Lipinski definition) is 2. The van der Waals surface area contributed by atoms with Crippen LogP contribution in [0.3, 0.4) is 0 Å². The average Bonchev–Trinajstić information content (AvgIpc) is 2.73. The average molecular weight is 523 g/mol. The third-order valence-corrected chi connectivity index (χ3v) is 4.78. The fourth-order valence-corrected chi connectivity index (χ4v) is 3.26. The number of aromatic nitrogens is 1. The maximum atomic E-state index is 12.7. The Kier molecular flexibility index (Phi) is 9.18. The Morgan fingerprint density at radius 1 is 1.09 bits per heavy atom. The standard InChI is InChI=1S/C21H16Cl2F3N3O3.ClH/c22-16-8-3-13(12-18(16)29(10-11-30)19-17(23)2-1-9-27-19)20(31)28-14-4-6-15(7-5-14)32-21(24,25)26;/h1-9,12,30H,10-11H2,(H,28,31);1H. The molecule has 12 heteroatoms. The molecule has 0 aliphatic carbocycles. The monoisotopic (exact) mass is 521 g/mol. The minimum Gasteiger partial charge on any atom is -0.406 e. The molecule has 0 saturated carbocycles. The Labute approximate surface area is 203 Å². The molecule has 0 radical (unpaired) electrons. The van der Waals surface area contributed by atoms with Crippen LogP contribution in [0.15, 0.2) is 60.8 Å². The van der Waals surface area contributed by atoms with Crippen molar-refractivity contribution >= 4 is 58.7 Å². The highest BCUT2D eigenvalue weighted by molar-refractivity contribution is 6.35. The van der Waals surface area contributed by atoms with E-state index in [0.29, 0.717) is 21.6 Å². The quantitative estimate of drug-likeness (QED) is 0.393. The Balaban J connectivity index is 0.00000385. The van der Waals surface area contributed by atoms with Crippen molar-refractivity contribution in [3.05, 3.63) is 76.4 Å². The van der Waals surface area contributed by atoms with E-state index >= 15 is 0 Å². The number of nitrogens with zero attached hydrogens (tertiary/aromatic N) is 2. The predicted octanol–water partition coefficient (Wildman–Crippen LogP) is 6.09. The zero-order valence-corrected chi connectivity index (χ0v) is 19.0. The van der Waals surface area contributed by atoms with E-state index in [1.807, 2.05) is 0 Å². The highest BCUT2D eigenvalue weighted by Crippen LogP contribution is 2.35. The van der Waals surface area contributed by atoms with Gasteiger partial charge >= 0.3 is 6.36 Å². The summed E-state index contributed by atoms with van der Waals surface area (Å²) in [7, 11) is 0. The zero-order valence-electron chi connectivity index (χ0n) is 16.6. The van der Waals surface area contributed by atoms with Crippen molar-refractivity contribution in [3.63, 3.8) is 0 Å². The molecular weight excluding hydrogens is 506 g/mol.